The van der Waals surface area contributed by atoms with Crippen LogP contribution in [0.1, 0.15) is 34.6 Å². The summed E-state index contributed by atoms with van der Waals surface area (Å²) in [5.41, 5.74) is 0.242. The number of rotatable bonds is 6. The average molecular weight is 381 g/mol. The van der Waals surface area contributed by atoms with Crippen LogP contribution in [0.25, 0.3) is 0 Å². The van der Waals surface area contributed by atoms with Gasteiger partial charge in [-0.15, -0.1) is 0 Å². The number of nitrogens with zero attached hydrogens (tertiary/aromatic N) is 2. The Bertz CT molecular complexity index is 717. The molecular formula is C17H18Cl2N4O2. The van der Waals surface area contributed by atoms with Crippen LogP contribution in [0.4, 0.5) is 0 Å². The van der Waals surface area contributed by atoms with E-state index in [1.807, 2.05) is 13.8 Å². The molecule has 2 rings (SSSR count). The van der Waals surface area contributed by atoms with E-state index in [9.17, 15) is 9.59 Å². The third-order valence-corrected chi connectivity index (χ3v) is 4.06. The number of carbonyl (C=O) groups excluding carboxylic acids is 2. The Morgan fingerprint density at radius 1 is 0.920 bits per heavy atom. The molecule has 0 saturated carbocycles. The van der Waals surface area contributed by atoms with Gasteiger partial charge in [0.2, 0.25) is 0 Å². The SMILES string of the molecule is CC(C)(CNC(=O)c1cccnc1Cl)CNC(=O)c1cccnc1Cl. The van der Waals surface area contributed by atoms with Crippen molar-refractivity contribution in [3.8, 4) is 0 Å². The van der Waals surface area contributed by atoms with Crippen LogP contribution in [0.15, 0.2) is 36.7 Å². The van der Waals surface area contributed by atoms with E-state index in [0.29, 0.717) is 24.2 Å². The minimum Gasteiger partial charge on any atom is -0.351 e. The molecule has 0 radical (unpaired) electrons. The second-order valence-electron chi connectivity index (χ2n) is 6.21. The van der Waals surface area contributed by atoms with Gasteiger partial charge in [0.25, 0.3) is 11.8 Å². The highest BCUT2D eigenvalue weighted by atomic mass is 35.5. The van der Waals surface area contributed by atoms with Gasteiger partial charge in [-0.05, 0) is 29.7 Å². The lowest BCUT2D eigenvalue weighted by Gasteiger charge is -2.25. The summed E-state index contributed by atoms with van der Waals surface area (Å²) in [4.78, 5) is 32.1. The minimum atomic E-state index is -0.380. The molecule has 2 heterocycles. The van der Waals surface area contributed by atoms with Gasteiger partial charge in [-0.2, -0.15) is 0 Å². The van der Waals surface area contributed by atoms with E-state index in [1.165, 1.54) is 12.4 Å². The van der Waals surface area contributed by atoms with Crippen LogP contribution in [0.5, 0.6) is 0 Å². The Balaban J connectivity index is 1.89. The first kappa shape index (κ1) is 19.1. The molecule has 25 heavy (non-hydrogen) atoms. The fourth-order valence-corrected chi connectivity index (χ4v) is 2.41. The Morgan fingerprint density at radius 3 is 1.68 bits per heavy atom. The molecule has 2 N–H and O–H groups in total. The van der Waals surface area contributed by atoms with Crippen LogP contribution in [-0.2, 0) is 0 Å². The van der Waals surface area contributed by atoms with Crippen LogP contribution in [0.3, 0.4) is 0 Å². The smallest absolute Gasteiger partial charge is 0.254 e. The average Bonchev–Trinajstić information content (AvgIpc) is 2.59. The number of nitrogens with one attached hydrogen (secondary N) is 2. The van der Waals surface area contributed by atoms with Crippen LogP contribution in [0, 0.1) is 5.41 Å². The molecule has 0 spiro atoms. The van der Waals surface area contributed by atoms with Crippen molar-refractivity contribution in [3.63, 3.8) is 0 Å². The maximum Gasteiger partial charge on any atom is 0.254 e. The second kappa shape index (κ2) is 8.27. The molecule has 8 heteroatoms. The van der Waals surface area contributed by atoms with Gasteiger partial charge < -0.3 is 10.6 Å². The first-order chi connectivity index (χ1) is 11.8. The first-order valence-electron chi connectivity index (χ1n) is 7.57. The Hall–Kier alpha value is -2.18. The Kier molecular flexibility index (Phi) is 6.33. The zero-order chi connectivity index (χ0) is 18.4. The van der Waals surface area contributed by atoms with E-state index in [4.69, 9.17) is 23.2 Å². The topological polar surface area (TPSA) is 84.0 Å². The van der Waals surface area contributed by atoms with E-state index in [1.54, 1.807) is 24.3 Å². The monoisotopic (exact) mass is 380 g/mol. The molecular weight excluding hydrogens is 363 g/mol. The molecule has 0 saturated heterocycles. The number of aromatic nitrogens is 2. The molecule has 0 aromatic carbocycles. The number of amides is 2. The zero-order valence-electron chi connectivity index (χ0n) is 13.8. The predicted octanol–water partition coefficient (Wildman–Crippen LogP) is 2.97. The molecule has 6 nitrogen and oxygen atoms in total. The second-order valence-corrected chi connectivity index (χ2v) is 6.93. The summed E-state index contributed by atoms with van der Waals surface area (Å²) in [6.07, 6.45) is 3.03. The summed E-state index contributed by atoms with van der Waals surface area (Å²) in [5.74, 6) is -0.624. The fourth-order valence-electron chi connectivity index (χ4n) is 2.00. The van der Waals surface area contributed by atoms with Crippen LogP contribution in [-0.4, -0.2) is 34.9 Å². The van der Waals surface area contributed by atoms with Crippen molar-refractivity contribution in [3.05, 3.63) is 58.1 Å². The highest BCUT2D eigenvalue weighted by molar-refractivity contribution is 6.33. The maximum atomic E-state index is 12.2. The fraction of sp³-hybridized carbons (Fsp3) is 0.294. The quantitative estimate of drug-likeness (QED) is 0.754. The largest absolute Gasteiger partial charge is 0.351 e. The van der Waals surface area contributed by atoms with Crippen LogP contribution >= 0.6 is 23.2 Å². The van der Waals surface area contributed by atoms with Gasteiger partial charge in [0, 0.05) is 25.5 Å². The summed E-state index contributed by atoms with van der Waals surface area (Å²) < 4.78 is 0. The molecule has 0 fully saturated rings. The molecule has 2 aromatic rings. The molecule has 0 atom stereocenters. The normalized spacial score (nSPS) is 11.0. The van der Waals surface area contributed by atoms with E-state index in [2.05, 4.69) is 20.6 Å². The number of hydrogen-bond acceptors (Lipinski definition) is 4. The predicted molar refractivity (Wildman–Crippen MR) is 96.9 cm³/mol. The maximum absolute atomic E-state index is 12.2. The molecule has 2 aromatic heterocycles. The van der Waals surface area contributed by atoms with Crippen molar-refractivity contribution in [1.82, 2.24) is 20.6 Å². The summed E-state index contributed by atoms with van der Waals surface area (Å²) in [6.45, 7) is 4.53. The van der Waals surface area contributed by atoms with E-state index < -0.39 is 0 Å². The Morgan fingerprint density at radius 2 is 1.32 bits per heavy atom. The molecule has 0 aliphatic heterocycles. The lowest BCUT2D eigenvalue weighted by molar-refractivity contribution is 0.0920. The number of halogens is 2. The molecule has 0 bridgehead atoms. The number of carbonyl (C=O) groups is 2. The Labute approximate surface area is 156 Å². The standard InChI is InChI=1S/C17H18Cl2N4O2/c1-17(2,9-22-15(24)11-5-3-7-20-13(11)18)10-23-16(25)12-6-4-8-21-14(12)19/h3-8H,9-10H2,1-2H3,(H,22,24)(H,23,25). The van der Waals surface area contributed by atoms with Crippen LogP contribution < -0.4 is 10.6 Å². The molecule has 0 aliphatic carbocycles. The highest BCUT2D eigenvalue weighted by Gasteiger charge is 2.22. The van der Waals surface area contributed by atoms with Crippen molar-refractivity contribution in [2.45, 2.75) is 13.8 Å². The molecule has 0 aliphatic rings. The van der Waals surface area contributed by atoms with Gasteiger partial charge in [-0.1, -0.05) is 37.0 Å². The lowest BCUT2D eigenvalue weighted by Crippen LogP contribution is -2.42. The first-order valence-corrected chi connectivity index (χ1v) is 8.33. The van der Waals surface area contributed by atoms with Gasteiger partial charge in [0.1, 0.15) is 10.3 Å². The van der Waals surface area contributed by atoms with Gasteiger partial charge >= 0.3 is 0 Å². The zero-order valence-corrected chi connectivity index (χ0v) is 15.4. The van der Waals surface area contributed by atoms with Gasteiger partial charge in [-0.3, -0.25) is 9.59 Å². The third kappa shape index (κ3) is 5.41. The summed E-state index contributed by atoms with van der Waals surface area (Å²) in [6, 6.07) is 6.49. The van der Waals surface area contributed by atoms with Gasteiger partial charge in [-0.25, -0.2) is 9.97 Å². The summed E-state index contributed by atoms with van der Waals surface area (Å²) in [5, 5.41) is 5.90. The number of hydrogen-bond donors (Lipinski definition) is 2. The molecule has 2 amide bonds. The van der Waals surface area contributed by atoms with Crippen molar-refractivity contribution in [2.75, 3.05) is 13.1 Å². The van der Waals surface area contributed by atoms with E-state index >= 15 is 0 Å². The van der Waals surface area contributed by atoms with Crippen molar-refractivity contribution in [2.24, 2.45) is 5.41 Å². The lowest BCUT2D eigenvalue weighted by atomic mass is 9.93. The van der Waals surface area contributed by atoms with Crippen molar-refractivity contribution < 1.29 is 9.59 Å². The number of pyridine rings is 2. The summed E-state index contributed by atoms with van der Waals surface area (Å²) >= 11 is 11.8. The molecule has 0 unspecified atom stereocenters. The van der Waals surface area contributed by atoms with Crippen molar-refractivity contribution in [1.29, 1.82) is 0 Å². The third-order valence-electron chi connectivity index (χ3n) is 3.46. The van der Waals surface area contributed by atoms with E-state index in [0.717, 1.165) is 0 Å². The minimum absolute atomic E-state index is 0.150. The molecule has 132 valence electrons. The van der Waals surface area contributed by atoms with Gasteiger partial charge in [0.05, 0.1) is 11.1 Å². The highest BCUT2D eigenvalue weighted by Crippen LogP contribution is 2.16. The van der Waals surface area contributed by atoms with Gasteiger partial charge in [0.15, 0.2) is 0 Å². The summed E-state index contributed by atoms with van der Waals surface area (Å²) in [7, 11) is 0. The van der Waals surface area contributed by atoms with Crippen LogP contribution in [0.2, 0.25) is 10.3 Å². The van der Waals surface area contributed by atoms with E-state index in [-0.39, 0.29) is 27.5 Å². The van der Waals surface area contributed by atoms with Crippen molar-refractivity contribution >= 4 is 35.0 Å².